The first-order chi connectivity index (χ1) is 8.31. The Morgan fingerprint density at radius 1 is 0.941 bits per heavy atom. The molecule has 0 atom stereocenters. The molecule has 76 valence electrons. The molecule has 0 fully saturated rings. The van der Waals surface area contributed by atoms with E-state index in [0.717, 1.165) is 6.08 Å². The summed E-state index contributed by atoms with van der Waals surface area (Å²) in [6.07, 6.45) is 7.92. The third-order valence-electron chi connectivity index (χ3n) is 0.941. The van der Waals surface area contributed by atoms with Crippen molar-refractivity contribution < 1.29 is 9.53 Å². The predicted molar refractivity (Wildman–Crippen MR) is 64.0 cm³/mol. The van der Waals surface area contributed by atoms with Crippen molar-refractivity contribution in [1.29, 1.82) is 0 Å². The fraction of sp³-hybridized carbons (Fsp3) is 0. The maximum absolute atomic E-state index is 10.5. The Bertz CT molecular complexity index is 646. The summed E-state index contributed by atoms with van der Waals surface area (Å²) < 4.78 is 4.33. The van der Waals surface area contributed by atoms with Gasteiger partial charge in [0.25, 0.3) is 0 Å². The van der Waals surface area contributed by atoms with Gasteiger partial charge in [-0.15, -0.1) is 6.42 Å². The van der Waals surface area contributed by atoms with E-state index in [1.807, 2.05) is 0 Å². The van der Waals surface area contributed by atoms with Crippen LogP contribution in [0.2, 0.25) is 0 Å². The number of carbonyl (C=O) groups is 1. The van der Waals surface area contributed by atoms with Crippen LogP contribution in [-0.2, 0) is 9.53 Å². The second kappa shape index (κ2) is 10.6. The Labute approximate surface area is 100 Å². The van der Waals surface area contributed by atoms with Gasteiger partial charge in [0.15, 0.2) is 0 Å². The molecule has 0 N–H and O–H groups in total. The number of terminal acetylenes is 1. The lowest BCUT2D eigenvalue weighted by atomic mass is 10.5. The predicted octanol–water partition coefficient (Wildman–Crippen LogP) is 0.323. The quantitative estimate of drug-likeness (QED) is 0.358. The summed E-state index contributed by atoms with van der Waals surface area (Å²) in [5, 5.41) is 0. The van der Waals surface area contributed by atoms with Crippen LogP contribution in [0.15, 0.2) is 12.7 Å². The Kier molecular flexibility index (Phi) is 8.50. The topological polar surface area (TPSA) is 26.3 Å². The second-order valence-electron chi connectivity index (χ2n) is 2.00. The molecule has 0 spiro atoms. The van der Waals surface area contributed by atoms with Crippen molar-refractivity contribution in [3.8, 4) is 71.7 Å². The molecule has 2 nitrogen and oxygen atoms in total. The van der Waals surface area contributed by atoms with Crippen molar-refractivity contribution in [1.82, 2.24) is 0 Å². The van der Waals surface area contributed by atoms with E-state index in [-0.39, 0.29) is 0 Å². The minimum absolute atomic E-state index is 0.636. The van der Waals surface area contributed by atoms with Crippen molar-refractivity contribution in [2.45, 2.75) is 0 Å². The van der Waals surface area contributed by atoms with Crippen molar-refractivity contribution >= 4 is 5.97 Å². The van der Waals surface area contributed by atoms with E-state index in [2.05, 4.69) is 76.6 Å². The highest BCUT2D eigenvalue weighted by atomic mass is 16.5. The van der Waals surface area contributed by atoms with Crippen molar-refractivity contribution in [3.63, 3.8) is 0 Å². The number of ether oxygens (including phenoxy) is 1. The Morgan fingerprint density at radius 2 is 1.41 bits per heavy atom. The fourth-order valence-electron chi connectivity index (χ4n) is 0.398. The molecule has 0 heterocycles. The average molecular weight is 216 g/mol. The first-order valence-corrected chi connectivity index (χ1v) is 4.10. The molecule has 0 aliphatic rings. The van der Waals surface area contributed by atoms with E-state index in [0.29, 0.717) is 0 Å². The van der Waals surface area contributed by atoms with Gasteiger partial charge in [-0.25, -0.2) is 4.79 Å². The first-order valence-electron chi connectivity index (χ1n) is 4.10. The van der Waals surface area contributed by atoms with Gasteiger partial charge in [-0.05, 0) is 29.6 Å². The largest absolute Gasteiger partial charge is 0.368 e. The summed E-state index contributed by atoms with van der Waals surface area (Å²) in [4.78, 5) is 10.5. The molecule has 0 radical (unpaired) electrons. The monoisotopic (exact) mass is 216 g/mol. The van der Waals surface area contributed by atoms with Crippen LogP contribution in [-0.4, -0.2) is 5.97 Å². The molecular formula is C15H4O2. The van der Waals surface area contributed by atoms with Crippen LogP contribution in [0.1, 0.15) is 0 Å². The van der Waals surface area contributed by atoms with E-state index < -0.39 is 5.97 Å². The molecular weight excluding hydrogens is 212 g/mol. The van der Waals surface area contributed by atoms with Gasteiger partial charge in [0.1, 0.15) is 6.11 Å². The minimum atomic E-state index is -0.636. The van der Waals surface area contributed by atoms with Crippen molar-refractivity contribution in [2.24, 2.45) is 0 Å². The molecule has 0 rings (SSSR count). The van der Waals surface area contributed by atoms with Crippen LogP contribution in [0.5, 0.6) is 0 Å². The minimum Gasteiger partial charge on any atom is -0.368 e. The number of esters is 1. The van der Waals surface area contributed by atoms with Gasteiger partial charge in [-0.3, -0.25) is 0 Å². The van der Waals surface area contributed by atoms with E-state index in [1.165, 1.54) is 0 Å². The molecule has 0 amide bonds. The molecule has 0 saturated carbocycles. The molecule has 0 aromatic carbocycles. The number of hydrogen-bond donors (Lipinski definition) is 0. The highest BCUT2D eigenvalue weighted by Crippen LogP contribution is 1.73. The van der Waals surface area contributed by atoms with Gasteiger partial charge < -0.3 is 4.74 Å². The molecule has 0 bridgehead atoms. The number of carbonyl (C=O) groups excluding carboxylic acids is 1. The Morgan fingerprint density at radius 3 is 1.88 bits per heavy atom. The van der Waals surface area contributed by atoms with Gasteiger partial charge in [-0.1, -0.05) is 6.58 Å². The van der Waals surface area contributed by atoms with Crippen LogP contribution < -0.4 is 0 Å². The molecule has 0 aromatic rings. The van der Waals surface area contributed by atoms with Crippen molar-refractivity contribution in [3.05, 3.63) is 12.7 Å². The summed E-state index contributed by atoms with van der Waals surface area (Å²) in [5.41, 5.74) is 0. The third kappa shape index (κ3) is 10.5. The summed E-state index contributed by atoms with van der Waals surface area (Å²) in [7, 11) is 0. The lowest BCUT2D eigenvalue weighted by Gasteiger charge is -1.81. The van der Waals surface area contributed by atoms with Gasteiger partial charge >= 0.3 is 5.97 Å². The third-order valence-corrected chi connectivity index (χ3v) is 0.941. The lowest BCUT2D eigenvalue weighted by molar-refractivity contribution is -0.131. The van der Waals surface area contributed by atoms with Gasteiger partial charge in [0.2, 0.25) is 0 Å². The van der Waals surface area contributed by atoms with Crippen LogP contribution >= 0.6 is 0 Å². The van der Waals surface area contributed by atoms with E-state index in [9.17, 15) is 4.79 Å². The van der Waals surface area contributed by atoms with E-state index >= 15 is 0 Å². The number of rotatable bonds is 1. The maximum Gasteiger partial charge on any atom is 0.344 e. The second-order valence-corrected chi connectivity index (χ2v) is 2.00. The summed E-state index contributed by atoms with van der Waals surface area (Å²) >= 11 is 0. The standard InChI is InChI=1S/C15H4O2/c1-3-5-6-7-8-9-10-11-12-13-14-17-15(16)4-2/h1,4H,2H2. The van der Waals surface area contributed by atoms with Gasteiger partial charge in [0, 0.05) is 35.7 Å². The van der Waals surface area contributed by atoms with E-state index in [4.69, 9.17) is 6.42 Å². The van der Waals surface area contributed by atoms with Crippen molar-refractivity contribution in [2.75, 3.05) is 0 Å². The smallest absolute Gasteiger partial charge is 0.344 e. The van der Waals surface area contributed by atoms with Crippen LogP contribution in [0, 0.1) is 71.7 Å². The molecule has 17 heavy (non-hydrogen) atoms. The van der Waals surface area contributed by atoms with Gasteiger partial charge in [-0.2, -0.15) is 0 Å². The van der Waals surface area contributed by atoms with Crippen LogP contribution in [0.4, 0.5) is 0 Å². The zero-order valence-corrected chi connectivity index (χ0v) is 8.68. The highest BCUT2D eigenvalue weighted by Gasteiger charge is 1.86. The fourth-order valence-corrected chi connectivity index (χ4v) is 0.398. The Hall–Kier alpha value is -3.43. The molecule has 2 heteroatoms. The molecule has 0 unspecified atom stereocenters. The van der Waals surface area contributed by atoms with E-state index in [1.54, 1.807) is 0 Å². The molecule has 0 saturated heterocycles. The average Bonchev–Trinajstić information content (AvgIpc) is 2.35. The summed E-state index contributed by atoms with van der Waals surface area (Å²) in [6, 6.07) is 0. The zero-order chi connectivity index (χ0) is 12.8. The summed E-state index contributed by atoms with van der Waals surface area (Å²) in [6.45, 7) is 3.19. The molecule has 0 aliphatic carbocycles. The van der Waals surface area contributed by atoms with Crippen LogP contribution in [0.3, 0.4) is 0 Å². The SMILES string of the molecule is C#CC#CC#CC#CC#CC#COC(=O)C=C. The Balaban J connectivity index is 4.18. The normalized spacial score (nSPS) is 4.88. The molecule has 0 aromatic heterocycles. The zero-order valence-electron chi connectivity index (χ0n) is 8.68. The summed E-state index contributed by atoms with van der Waals surface area (Å²) in [5.74, 6) is 22.7. The number of hydrogen-bond acceptors (Lipinski definition) is 2. The van der Waals surface area contributed by atoms with Gasteiger partial charge in [0.05, 0.1) is 0 Å². The lowest BCUT2D eigenvalue weighted by Crippen LogP contribution is -1.91. The maximum atomic E-state index is 10.5. The highest BCUT2D eigenvalue weighted by molar-refractivity contribution is 5.82. The first kappa shape index (κ1) is 13.6. The molecule has 0 aliphatic heterocycles. The van der Waals surface area contributed by atoms with Crippen LogP contribution in [0.25, 0.3) is 0 Å².